The van der Waals surface area contributed by atoms with Gasteiger partial charge in [-0.3, -0.25) is 4.79 Å². The normalized spacial score (nSPS) is 21.5. The molecule has 17 heavy (non-hydrogen) atoms. The fourth-order valence-electron chi connectivity index (χ4n) is 2.23. The molecule has 0 aliphatic carbocycles. The van der Waals surface area contributed by atoms with Gasteiger partial charge in [0.25, 0.3) is 0 Å². The van der Waals surface area contributed by atoms with Crippen LogP contribution < -0.4 is 0 Å². The minimum Gasteiger partial charge on any atom is -0.467 e. The average Bonchev–Trinajstić information content (AvgIpc) is 2.66. The average molecular weight is 238 g/mol. The smallest absolute Gasteiger partial charge is 0.328 e. The third-order valence-corrected chi connectivity index (χ3v) is 3.16. The lowest BCUT2D eigenvalue weighted by Gasteiger charge is -2.33. The van der Waals surface area contributed by atoms with Crippen molar-refractivity contribution in [2.24, 2.45) is 5.92 Å². The number of hydrogen-bond donors (Lipinski definition) is 0. The zero-order chi connectivity index (χ0) is 13.0. The molecule has 1 aliphatic heterocycles. The minimum absolute atomic E-state index is 0.0608. The highest BCUT2D eigenvalue weighted by atomic mass is 16.5. The Morgan fingerprint density at radius 1 is 1.65 bits per heavy atom. The number of likely N-dealkylation sites (tertiary alicyclic amines) is 1. The summed E-state index contributed by atoms with van der Waals surface area (Å²) in [6.07, 6.45) is 1.09. The number of nitriles is 1. The largest absolute Gasteiger partial charge is 0.467 e. The molecular weight excluding hydrogens is 220 g/mol. The van der Waals surface area contributed by atoms with E-state index in [0.717, 1.165) is 0 Å². The molecule has 0 bridgehead atoms. The second kappa shape index (κ2) is 5.67. The quantitative estimate of drug-likeness (QED) is 0.687. The molecule has 0 spiro atoms. The maximum Gasteiger partial charge on any atom is 0.328 e. The molecule has 0 radical (unpaired) electrons. The number of methoxy groups -OCH3 is 1. The van der Waals surface area contributed by atoms with E-state index in [1.165, 1.54) is 7.11 Å². The van der Waals surface area contributed by atoms with Crippen LogP contribution in [0.25, 0.3) is 0 Å². The van der Waals surface area contributed by atoms with Gasteiger partial charge in [-0.05, 0) is 12.3 Å². The molecule has 0 N–H and O–H groups in total. The Morgan fingerprint density at radius 2 is 2.29 bits per heavy atom. The van der Waals surface area contributed by atoms with E-state index in [9.17, 15) is 9.59 Å². The fraction of sp³-hybridized carbons (Fsp3) is 0.750. The molecule has 94 valence electrons. The van der Waals surface area contributed by atoms with Gasteiger partial charge in [0.1, 0.15) is 6.04 Å². The zero-order valence-corrected chi connectivity index (χ0v) is 10.5. The number of amides is 1. The van der Waals surface area contributed by atoms with Crippen LogP contribution in [-0.2, 0) is 14.3 Å². The molecule has 0 aromatic carbocycles. The topological polar surface area (TPSA) is 70.4 Å². The number of ether oxygens (including phenoxy) is 1. The van der Waals surface area contributed by atoms with Crippen LogP contribution in [0, 0.1) is 17.2 Å². The number of carbonyl (C=O) groups excluding carboxylic acids is 2. The maximum atomic E-state index is 11.8. The summed E-state index contributed by atoms with van der Waals surface area (Å²) < 4.78 is 4.71. The van der Waals surface area contributed by atoms with Crippen molar-refractivity contribution in [2.75, 3.05) is 7.11 Å². The van der Waals surface area contributed by atoms with Gasteiger partial charge in [0.2, 0.25) is 5.91 Å². The van der Waals surface area contributed by atoms with Crippen LogP contribution >= 0.6 is 0 Å². The summed E-state index contributed by atoms with van der Waals surface area (Å²) in [6.45, 7) is 3.89. The standard InChI is InChI=1S/C12H18N2O3/c1-8(2)9(6-7-13)14-10(12(16)17-3)4-5-11(14)15/h8-10H,4-6H2,1-3H3. The van der Waals surface area contributed by atoms with Crippen molar-refractivity contribution < 1.29 is 14.3 Å². The lowest BCUT2D eigenvalue weighted by Crippen LogP contribution is -2.48. The predicted octanol–water partition coefficient (Wildman–Crippen LogP) is 1.09. The second-order valence-corrected chi connectivity index (χ2v) is 4.55. The van der Waals surface area contributed by atoms with E-state index in [1.54, 1.807) is 4.90 Å². The molecule has 5 nitrogen and oxygen atoms in total. The summed E-state index contributed by atoms with van der Waals surface area (Å²) in [7, 11) is 1.32. The molecule has 0 aromatic heterocycles. The van der Waals surface area contributed by atoms with Gasteiger partial charge in [-0.2, -0.15) is 5.26 Å². The Bertz CT molecular complexity index is 346. The molecule has 0 saturated carbocycles. The van der Waals surface area contributed by atoms with E-state index in [4.69, 9.17) is 10.00 Å². The van der Waals surface area contributed by atoms with Gasteiger partial charge >= 0.3 is 5.97 Å². The third kappa shape index (κ3) is 2.76. The Hall–Kier alpha value is -1.57. The first-order valence-corrected chi connectivity index (χ1v) is 5.78. The van der Waals surface area contributed by atoms with Crippen LogP contribution in [0.15, 0.2) is 0 Å². The Kier molecular flexibility index (Phi) is 4.50. The SMILES string of the molecule is COC(=O)C1CCC(=O)N1C(CC#N)C(C)C. The van der Waals surface area contributed by atoms with E-state index in [-0.39, 0.29) is 30.3 Å². The van der Waals surface area contributed by atoms with Gasteiger partial charge in [0.05, 0.1) is 19.6 Å². The molecule has 0 aromatic rings. The summed E-state index contributed by atoms with van der Waals surface area (Å²) in [4.78, 5) is 25.0. The van der Waals surface area contributed by atoms with Crippen molar-refractivity contribution in [3.8, 4) is 6.07 Å². The molecule has 1 saturated heterocycles. The van der Waals surface area contributed by atoms with Crippen LogP contribution in [-0.4, -0.2) is 36.0 Å². The molecule has 2 atom stereocenters. The van der Waals surface area contributed by atoms with E-state index in [1.807, 2.05) is 13.8 Å². The molecule has 1 aliphatic rings. The number of esters is 1. The first-order valence-electron chi connectivity index (χ1n) is 5.78. The lowest BCUT2D eigenvalue weighted by atomic mass is 9.99. The van der Waals surface area contributed by atoms with E-state index < -0.39 is 6.04 Å². The summed E-state index contributed by atoms with van der Waals surface area (Å²) in [5, 5.41) is 8.81. The van der Waals surface area contributed by atoms with Gasteiger partial charge < -0.3 is 9.64 Å². The van der Waals surface area contributed by atoms with Crippen molar-refractivity contribution in [1.29, 1.82) is 5.26 Å². The Balaban J connectivity index is 2.93. The highest BCUT2D eigenvalue weighted by Gasteiger charge is 2.41. The third-order valence-electron chi connectivity index (χ3n) is 3.16. The second-order valence-electron chi connectivity index (χ2n) is 4.55. The van der Waals surface area contributed by atoms with Crippen LogP contribution in [0.5, 0.6) is 0 Å². The first-order chi connectivity index (χ1) is 8.02. The molecule has 5 heteroatoms. The Labute approximate surface area is 101 Å². The zero-order valence-electron chi connectivity index (χ0n) is 10.5. The number of hydrogen-bond acceptors (Lipinski definition) is 4. The van der Waals surface area contributed by atoms with Crippen molar-refractivity contribution in [1.82, 2.24) is 4.90 Å². The maximum absolute atomic E-state index is 11.8. The monoisotopic (exact) mass is 238 g/mol. The number of nitrogens with zero attached hydrogens (tertiary/aromatic N) is 2. The highest BCUT2D eigenvalue weighted by Crippen LogP contribution is 2.27. The van der Waals surface area contributed by atoms with E-state index >= 15 is 0 Å². The van der Waals surface area contributed by atoms with Gasteiger partial charge in [0, 0.05) is 12.5 Å². The van der Waals surface area contributed by atoms with Crippen LogP contribution in [0.2, 0.25) is 0 Å². The molecule has 2 unspecified atom stereocenters. The molecule has 1 amide bonds. The van der Waals surface area contributed by atoms with Crippen molar-refractivity contribution in [3.63, 3.8) is 0 Å². The van der Waals surface area contributed by atoms with Gasteiger partial charge in [0.15, 0.2) is 0 Å². The summed E-state index contributed by atoms with van der Waals surface area (Å²) in [6, 6.07) is 1.35. The van der Waals surface area contributed by atoms with Crippen molar-refractivity contribution in [3.05, 3.63) is 0 Å². The molecule has 1 fully saturated rings. The van der Waals surface area contributed by atoms with Crippen molar-refractivity contribution >= 4 is 11.9 Å². The summed E-state index contributed by atoms with van der Waals surface area (Å²) >= 11 is 0. The van der Waals surface area contributed by atoms with Crippen LogP contribution in [0.3, 0.4) is 0 Å². The lowest BCUT2D eigenvalue weighted by molar-refractivity contribution is -0.151. The summed E-state index contributed by atoms with van der Waals surface area (Å²) in [5.74, 6) is -0.308. The van der Waals surface area contributed by atoms with Crippen molar-refractivity contribution in [2.45, 2.75) is 45.2 Å². The van der Waals surface area contributed by atoms with Crippen LogP contribution in [0.1, 0.15) is 33.1 Å². The molecular formula is C12H18N2O3. The first kappa shape index (κ1) is 13.5. The van der Waals surface area contributed by atoms with E-state index in [0.29, 0.717) is 12.8 Å². The summed E-state index contributed by atoms with van der Waals surface area (Å²) in [5.41, 5.74) is 0. The van der Waals surface area contributed by atoms with Gasteiger partial charge in [-0.15, -0.1) is 0 Å². The molecule has 1 rings (SSSR count). The highest BCUT2D eigenvalue weighted by molar-refractivity contribution is 5.88. The van der Waals surface area contributed by atoms with Gasteiger partial charge in [-0.25, -0.2) is 4.79 Å². The Morgan fingerprint density at radius 3 is 2.76 bits per heavy atom. The van der Waals surface area contributed by atoms with E-state index in [2.05, 4.69) is 6.07 Å². The van der Waals surface area contributed by atoms with Gasteiger partial charge in [-0.1, -0.05) is 13.8 Å². The number of carbonyl (C=O) groups is 2. The van der Waals surface area contributed by atoms with Crippen LogP contribution in [0.4, 0.5) is 0 Å². The number of rotatable bonds is 4. The predicted molar refractivity (Wildman–Crippen MR) is 60.7 cm³/mol. The fourth-order valence-corrected chi connectivity index (χ4v) is 2.23. The molecule has 1 heterocycles. The minimum atomic E-state index is -0.520.